The van der Waals surface area contributed by atoms with Gasteiger partial charge in [0.05, 0.1) is 10.6 Å². The number of carboxylic acid groups (broad SMARTS) is 1. The van der Waals surface area contributed by atoms with E-state index in [1.165, 1.54) is 11.3 Å². The van der Waals surface area contributed by atoms with Crippen LogP contribution < -0.4 is 0 Å². The first kappa shape index (κ1) is 20.9. The van der Waals surface area contributed by atoms with Crippen LogP contribution >= 0.6 is 23.6 Å². The molecule has 31 heavy (non-hydrogen) atoms. The molecule has 0 radical (unpaired) electrons. The van der Waals surface area contributed by atoms with Gasteiger partial charge >= 0.3 is 5.97 Å². The number of carboxylic acids is 1. The van der Waals surface area contributed by atoms with Crippen molar-refractivity contribution in [1.82, 2.24) is 4.57 Å². The van der Waals surface area contributed by atoms with E-state index in [4.69, 9.17) is 17.3 Å². The number of carbonyl (C=O) groups excluding carboxylic acids is 1. The van der Waals surface area contributed by atoms with Crippen LogP contribution in [0.4, 0.5) is 5.69 Å². The number of rotatable bonds is 7. The minimum absolute atomic E-state index is 0.0115. The Morgan fingerprint density at radius 3 is 2.65 bits per heavy atom. The summed E-state index contributed by atoms with van der Waals surface area (Å²) in [6, 6.07) is 14.5. The van der Waals surface area contributed by atoms with Crippen molar-refractivity contribution in [3.8, 4) is 5.88 Å². The Morgan fingerprint density at radius 2 is 1.90 bits per heavy atom. The number of hydrogen-bond acceptors (Lipinski definition) is 6. The molecule has 0 saturated carbocycles. The lowest BCUT2D eigenvalue weighted by atomic mass is 9.99. The lowest BCUT2D eigenvalue weighted by molar-refractivity contribution is -0.137. The fourth-order valence-electron chi connectivity index (χ4n) is 3.34. The highest BCUT2D eigenvalue weighted by Gasteiger charge is 2.18. The third kappa shape index (κ3) is 4.40. The number of carbonyl (C=O) groups is 2. The number of aromatic nitrogens is 1. The van der Waals surface area contributed by atoms with Gasteiger partial charge in [0.1, 0.15) is 0 Å². The number of aliphatic carboxylic acids is 1. The van der Waals surface area contributed by atoms with Crippen molar-refractivity contribution in [2.75, 3.05) is 0 Å². The largest absolute Gasteiger partial charge is 0.493 e. The van der Waals surface area contributed by atoms with Gasteiger partial charge in [0.2, 0.25) is 5.88 Å². The minimum Gasteiger partial charge on any atom is -0.493 e. The summed E-state index contributed by atoms with van der Waals surface area (Å²) in [7, 11) is 0. The first-order valence-electron chi connectivity index (χ1n) is 9.58. The number of allylic oxidation sites excluding steroid dienone is 1. The summed E-state index contributed by atoms with van der Waals surface area (Å²) < 4.78 is 2.03. The number of benzene rings is 2. The topological polar surface area (TPSA) is 91.9 Å². The second kappa shape index (κ2) is 8.79. The molecule has 0 saturated heterocycles. The van der Waals surface area contributed by atoms with Gasteiger partial charge in [0, 0.05) is 41.4 Å². The number of aromatic hydroxyl groups is 1. The van der Waals surface area contributed by atoms with Crippen molar-refractivity contribution in [2.45, 2.75) is 19.4 Å². The normalized spacial score (nSPS) is 13.5. The predicted octanol–water partition coefficient (Wildman–Crippen LogP) is 5.34. The van der Waals surface area contributed by atoms with Crippen LogP contribution in [0.15, 0.2) is 53.5 Å². The van der Waals surface area contributed by atoms with E-state index < -0.39 is 5.97 Å². The maximum Gasteiger partial charge on any atom is 0.303 e. The molecule has 0 amide bonds. The van der Waals surface area contributed by atoms with E-state index in [2.05, 4.69) is 4.99 Å². The lowest BCUT2D eigenvalue weighted by Gasteiger charge is -2.05. The van der Waals surface area contributed by atoms with Crippen molar-refractivity contribution in [3.05, 3.63) is 74.1 Å². The molecule has 2 aromatic carbocycles. The SMILES string of the molecule is O=C(O)CCCn1c(O)c(C=C2C=Nc3cc(C(=O)c4ccccc4)ccc32)sc1=S. The molecule has 2 heterocycles. The van der Waals surface area contributed by atoms with Crippen molar-refractivity contribution < 1.29 is 19.8 Å². The van der Waals surface area contributed by atoms with Crippen LogP contribution in [0.2, 0.25) is 0 Å². The number of hydrogen-bond donors (Lipinski definition) is 2. The summed E-state index contributed by atoms with van der Waals surface area (Å²) in [5.74, 6) is -0.928. The molecule has 0 unspecified atom stereocenters. The molecule has 1 aliphatic rings. The number of thiazole rings is 1. The Balaban J connectivity index is 1.59. The molecule has 6 nitrogen and oxygen atoms in total. The summed E-state index contributed by atoms with van der Waals surface area (Å²) in [5, 5.41) is 19.3. The molecule has 0 aliphatic carbocycles. The van der Waals surface area contributed by atoms with Gasteiger partial charge in [-0.3, -0.25) is 19.1 Å². The van der Waals surface area contributed by atoms with Gasteiger partial charge in [0.25, 0.3) is 0 Å². The quantitative estimate of drug-likeness (QED) is 0.375. The molecule has 0 spiro atoms. The summed E-state index contributed by atoms with van der Waals surface area (Å²) in [6.07, 6.45) is 3.89. The van der Waals surface area contributed by atoms with Gasteiger partial charge in [-0.15, -0.1) is 11.3 Å². The van der Waals surface area contributed by atoms with E-state index >= 15 is 0 Å². The fraction of sp³-hybridized carbons (Fsp3) is 0.130. The second-order valence-electron chi connectivity index (χ2n) is 6.99. The minimum atomic E-state index is -0.882. The molecule has 8 heteroatoms. The second-order valence-corrected chi connectivity index (χ2v) is 8.67. The summed E-state index contributed by atoms with van der Waals surface area (Å²) in [6.45, 7) is 0.340. The van der Waals surface area contributed by atoms with E-state index in [0.717, 1.165) is 11.1 Å². The van der Waals surface area contributed by atoms with Crippen molar-refractivity contribution in [1.29, 1.82) is 0 Å². The average Bonchev–Trinajstić information content (AvgIpc) is 3.29. The van der Waals surface area contributed by atoms with Crippen LogP contribution in [0.5, 0.6) is 5.88 Å². The van der Waals surface area contributed by atoms with Crippen LogP contribution in [0.3, 0.4) is 0 Å². The molecule has 2 N–H and O–H groups in total. The first-order chi connectivity index (χ1) is 14.9. The zero-order chi connectivity index (χ0) is 22.0. The zero-order valence-corrected chi connectivity index (χ0v) is 17.9. The molecule has 156 valence electrons. The van der Waals surface area contributed by atoms with E-state index in [1.54, 1.807) is 41.1 Å². The molecule has 0 bridgehead atoms. The number of fused-ring (bicyclic) bond motifs is 1. The third-order valence-electron chi connectivity index (χ3n) is 4.90. The number of ketones is 1. The van der Waals surface area contributed by atoms with Crippen LogP contribution in [0.1, 0.15) is 39.2 Å². The first-order valence-corrected chi connectivity index (χ1v) is 10.8. The van der Waals surface area contributed by atoms with Crippen LogP contribution in [-0.4, -0.2) is 32.7 Å². The zero-order valence-electron chi connectivity index (χ0n) is 16.3. The monoisotopic (exact) mass is 450 g/mol. The Hall–Kier alpha value is -3.36. The van der Waals surface area contributed by atoms with Crippen molar-refractivity contribution >= 4 is 58.9 Å². The molecule has 0 atom stereocenters. The van der Waals surface area contributed by atoms with E-state index in [1.807, 2.05) is 24.3 Å². The number of aliphatic imine (C=N–C) groups is 1. The summed E-state index contributed by atoms with van der Waals surface area (Å²) >= 11 is 6.58. The Kier molecular flexibility index (Phi) is 5.92. The van der Waals surface area contributed by atoms with E-state index in [0.29, 0.717) is 38.6 Å². The van der Waals surface area contributed by atoms with Gasteiger partial charge in [-0.05, 0) is 30.8 Å². The van der Waals surface area contributed by atoms with Crippen LogP contribution in [-0.2, 0) is 11.3 Å². The Labute approximate surface area is 187 Å². The van der Waals surface area contributed by atoms with Gasteiger partial charge in [-0.25, -0.2) is 0 Å². The predicted molar refractivity (Wildman–Crippen MR) is 124 cm³/mol. The summed E-state index contributed by atoms with van der Waals surface area (Å²) in [5.41, 5.74) is 3.54. The van der Waals surface area contributed by atoms with E-state index in [-0.39, 0.29) is 18.1 Å². The van der Waals surface area contributed by atoms with Crippen LogP contribution in [0.25, 0.3) is 11.6 Å². The molecule has 0 fully saturated rings. The van der Waals surface area contributed by atoms with Gasteiger partial charge in [-0.2, -0.15) is 0 Å². The maximum atomic E-state index is 12.7. The van der Waals surface area contributed by atoms with Crippen molar-refractivity contribution in [2.24, 2.45) is 4.99 Å². The smallest absolute Gasteiger partial charge is 0.303 e. The number of nitrogens with zero attached hydrogens (tertiary/aromatic N) is 2. The van der Waals surface area contributed by atoms with Gasteiger partial charge < -0.3 is 10.2 Å². The van der Waals surface area contributed by atoms with Gasteiger partial charge in [0.15, 0.2) is 9.74 Å². The third-order valence-corrected chi connectivity index (χ3v) is 6.29. The maximum absolute atomic E-state index is 12.7. The molecular formula is C23H18N2O4S2. The highest BCUT2D eigenvalue weighted by atomic mass is 32.1. The van der Waals surface area contributed by atoms with E-state index in [9.17, 15) is 14.7 Å². The molecule has 1 aromatic heterocycles. The molecule has 3 aromatic rings. The Morgan fingerprint density at radius 1 is 1.13 bits per heavy atom. The lowest BCUT2D eigenvalue weighted by Crippen LogP contribution is -2.01. The molecule has 1 aliphatic heterocycles. The highest BCUT2D eigenvalue weighted by Crippen LogP contribution is 2.37. The van der Waals surface area contributed by atoms with Crippen LogP contribution in [0, 0.1) is 3.95 Å². The Bertz CT molecular complexity index is 1290. The highest BCUT2D eigenvalue weighted by molar-refractivity contribution is 7.73. The summed E-state index contributed by atoms with van der Waals surface area (Å²) in [4.78, 5) is 28.4. The standard InChI is InChI=1S/C23H18N2O4S2/c26-20(27)7-4-10-25-22(29)19(31-23(25)30)12-16-13-24-18-11-15(8-9-17(16)18)21(28)14-5-2-1-3-6-14/h1-3,5-6,8-9,11-13,29H,4,7,10H2,(H,26,27). The molecule has 4 rings (SSSR count). The van der Waals surface area contributed by atoms with Gasteiger partial charge in [-0.1, -0.05) is 42.5 Å². The molecular weight excluding hydrogens is 432 g/mol. The fourth-order valence-corrected chi connectivity index (χ4v) is 4.65. The average molecular weight is 451 g/mol. The van der Waals surface area contributed by atoms with Crippen molar-refractivity contribution in [3.63, 3.8) is 0 Å².